The molecule has 1 atom stereocenters. The second kappa shape index (κ2) is 8.44. The predicted molar refractivity (Wildman–Crippen MR) is 126 cm³/mol. The van der Waals surface area contributed by atoms with Gasteiger partial charge in [-0.2, -0.15) is 0 Å². The van der Waals surface area contributed by atoms with Crippen LogP contribution in [-0.4, -0.2) is 16.3 Å². The lowest BCUT2D eigenvalue weighted by Crippen LogP contribution is -1.90. The molecule has 0 spiro atoms. The molecule has 1 heterocycles. The molecular formula is C25H23BrN2O2. The maximum Gasteiger partial charge on any atom is 0.227 e. The third kappa shape index (κ3) is 4.17. The summed E-state index contributed by atoms with van der Waals surface area (Å²) in [5.74, 6) is 1.28. The first kappa shape index (κ1) is 20.4. The first-order valence-electron chi connectivity index (χ1n) is 9.98. The van der Waals surface area contributed by atoms with Crippen LogP contribution >= 0.6 is 15.9 Å². The molecule has 0 amide bonds. The van der Waals surface area contributed by atoms with E-state index in [1.165, 1.54) is 5.56 Å². The minimum Gasteiger partial charge on any atom is -0.506 e. The van der Waals surface area contributed by atoms with Crippen molar-refractivity contribution in [1.29, 1.82) is 0 Å². The number of phenols is 1. The molecule has 0 radical (unpaired) electrons. The molecule has 4 nitrogen and oxygen atoms in total. The number of hydrogen-bond acceptors (Lipinski definition) is 4. The van der Waals surface area contributed by atoms with E-state index in [0.717, 1.165) is 34.3 Å². The highest BCUT2D eigenvalue weighted by Gasteiger charge is 2.11. The lowest BCUT2D eigenvalue weighted by atomic mass is 9.98. The number of rotatable bonds is 5. The molecule has 1 unspecified atom stereocenters. The van der Waals surface area contributed by atoms with Gasteiger partial charge in [0.25, 0.3) is 0 Å². The van der Waals surface area contributed by atoms with Crippen LogP contribution in [0.5, 0.6) is 5.75 Å². The van der Waals surface area contributed by atoms with Gasteiger partial charge in [-0.15, -0.1) is 0 Å². The fraction of sp³-hybridized carbons (Fsp3) is 0.200. The van der Waals surface area contributed by atoms with E-state index in [4.69, 9.17) is 4.42 Å². The molecule has 1 N–H and O–H groups in total. The van der Waals surface area contributed by atoms with E-state index in [0.29, 0.717) is 21.8 Å². The molecule has 0 bridgehead atoms. The first-order valence-corrected chi connectivity index (χ1v) is 10.8. The molecular weight excluding hydrogens is 440 g/mol. The molecule has 152 valence electrons. The molecule has 0 aliphatic heterocycles. The van der Waals surface area contributed by atoms with Crippen LogP contribution in [0.15, 0.2) is 68.5 Å². The summed E-state index contributed by atoms with van der Waals surface area (Å²) in [6, 6.07) is 17.7. The molecule has 4 rings (SSSR count). The van der Waals surface area contributed by atoms with Crippen molar-refractivity contribution in [3.8, 4) is 17.2 Å². The number of aryl methyl sites for hydroxylation is 1. The van der Waals surface area contributed by atoms with Gasteiger partial charge in [-0.05, 0) is 94.9 Å². The van der Waals surface area contributed by atoms with Crippen LogP contribution in [0.4, 0.5) is 5.69 Å². The van der Waals surface area contributed by atoms with Crippen LogP contribution in [0, 0.1) is 6.92 Å². The maximum absolute atomic E-state index is 10.2. The van der Waals surface area contributed by atoms with Crippen molar-refractivity contribution in [2.24, 2.45) is 4.99 Å². The normalized spacial score (nSPS) is 12.7. The van der Waals surface area contributed by atoms with E-state index in [1.807, 2.05) is 49.4 Å². The van der Waals surface area contributed by atoms with Gasteiger partial charge in [0, 0.05) is 17.3 Å². The average Bonchev–Trinajstić information content (AvgIpc) is 3.18. The summed E-state index contributed by atoms with van der Waals surface area (Å²) >= 11 is 3.36. The second-order valence-electron chi connectivity index (χ2n) is 7.55. The molecule has 0 fully saturated rings. The molecule has 3 aromatic carbocycles. The Bertz CT molecular complexity index is 1230. The fourth-order valence-electron chi connectivity index (χ4n) is 3.30. The van der Waals surface area contributed by atoms with Crippen molar-refractivity contribution in [2.75, 3.05) is 0 Å². The highest BCUT2D eigenvalue weighted by molar-refractivity contribution is 9.10. The zero-order valence-corrected chi connectivity index (χ0v) is 18.8. The van der Waals surface area contributed by atoms with Gasteiger partial charge in [0.15, 0.2) is 5.58 Å². The van der Waals surface area contributed by atoms with Crippen molar-refractivity contribution in [1.82, 2.24) is 4.98 Å². The van der Waals surface area contributed by atoms with E-state index in [1.54, 1.807) is 6.21 Å². The standard InChI is InChI=1S/C25H23BrN2O2/c1-4-16(3)18-7-10-23-22(13-18)28-25(30-23)17-5-8-20(9-6-17)27-14-19-11-15(2)12-21(26)24(19)29/h5-14,16,29H,4H2,1-3H3. The number of phenolic OH excluding ortho intramolecular Hbond substituents is 1. The van der Waals surface area contributed by atoms with Crippen molar-refractivity contribution >= 4 is 38.9 Å². The monoisotopic (exact) mass is 462 g/mol. The van der Waals surface area contributed by atoms with E-state index < -0.39 is 0 Å². The molecule has 1 aromatic heterocycles. The number of aromatic nitrogens is 1. The van der Waals surface area contributed by atoms with Gasteiger partial charge in [0.05, 0.1) is 10.2 Å². The van der Waals surface area contributed by atoms with Crippen LogP contribution in [0.25, 0.3) is 22.6 Å². The number of halogens is 1. The molecule has 5 heteroatoms. The highest BCUT2D eigenvalue weighted by atomic mass is 79.9. The van der Waals surface area contributed by atoms with Gasteiger partial charge in [-0.3, -0.25) is 4.99 Å². The number of aliphatic imine (C=N–C) groups is 1. The number of hydrogen-bond donors (Lipinski definition) is 1. The van der Waals surface area contributed by atoms with E-state index in [-0.39, 0.29) is 5.75 Å². The van der Waals surface area contributed by atoms with Crippen LogP contribution in [0.2, 0.25) is 0 Å². The van der Waals surface area contributed by atoms with Gasteiger partial charge in [-0.1, -0.05) is 19.9 Å². The minimum atomic E-state index is 0.184. The Morgan fingerprint density at radius 1 is 1.13 bits per heavy atom. The largest absolute Gasteiger partial charge is 0.506 e. The van der Waals surface area contributed by atoms with Crippen LogP contribution in [-0.2, 0) is 0 Å². The third-order valence-electron chi connectivity index (χ3n) is 5.30. The lowest BCUT2D eigenvalue weighted by Gasteiger charge is -2.07. The van der Waals surface area contributed by atoms with E-state index in [2.05, 4.69) is 51.9 Å². The number of oxazole rings is 1. The number of nitrogens with zero attached hydrogens (tertiary/aromatic N) is 2. The predicted octanol–water partition coefficient (Wildman–Crippen LogP) is 7.54. The molecule has 0 aliphatic rings. The minimum absolute atomic E-state index is 0.184. The Morgan fingerprint density at radius 3 is 2.63 bits per heavy atom. The Hall–Kier alpha value is -2.92. The summed E-state index contributed by atoms with van der Waals surface area (Å²) in [4.78, 5) is 9.15. The highest BCUT2D eigenvalue weighted by Crippen LogP contribution is 2.30. The van der Waals surface area contributed by atoms with Gasteiger partial charge < -0.3 is 9.52 Å². The Balaban J connectivity index is 1.58. The van der Waals surface area contributed by atoms with Crippen LogP contribution in [0.1, 0.15) is 42.9 Å². The summed E-state index contributed by atoms with van der Waals surface area (Å²) < 4.78 is 6.60. The van der Waals surface area contributed by atoms with Crippen LogP contribution < -0.4 is 0 Å². The molecule has 0 saturated carbocycles. The molecule has 4 aromatic rings. The van der Waals surface area contributed by atoms with Crippen molar-refractivity contribution < 1.29 is 9.52 Å². The zero-order chi connectivity index (χ0) is 21.3. The maximum atomic E-state index is 10.2. The molecule has 0 aliphatic carbocycles. The average molecular weight is 463 g/mol. The zero-order valence-electron chi connectivity index (χ0n) is 17.2. The van der Waals surface area contributed by atoms with Gasteiger partial charge in [0.1, 0.15) is 11.3 Å². The van der Waals surface area contributed by atoms with Crippen molar-refractivity contribution in [3.63, 3.8) is 0 Å². The molecule has 30 heavy (non-hydrogen) atoms. The SMILES string of the molecule is CCC(C)c1ccc2oc(-c3ccc(N=Cc4cc(C)cc(Br)c4O)cc3)nc2c1. The Morgan fingerprint density at radius 2 is 1.90 bits per heavy atom. The summed E-state index contributed by atoms with van der Waals surface area (Å²) in [6.07, 6.45) is 2.76. The summed E-state index contributed by atoms with van der Waals surface area (Å²) in [5.41, 5.74) is 6.35. The first-order chi connectivity index (χ1) is 14.4. The van der Waals surface area contributed by atoms with Gasteiger partial charge >= 0.3 is 0 Å². The molecule has 0 saturated heterocycles. The Labute approximate surface area is 184 Å². The van der Waals surface area contributed by atoms with Crippen LogP contribution in [0.3, 0.4) is 0 Å². The Kier molecular flexibility index (Phi) is 5.73. The smallest absolute Gasteiger partial charge is 0.227 e. The number of aromatic hydroxyl groups is 1. The summed E-state index contributed by atoms with van der Waals surface area (Å²) in [7, 11) is 0. The van der Waals surface area contributed by atoms with E-state index in [9.17, 15) is 5.11 Å². The van der Waals surface area contributed by atoms with Gasteiger partial charge in [0.2, 0.25) is 5.89 Å². The third-order valence-corrected chi connectivity index (χ3v) is 5.90. The quantitative estimate of drug-likeness (QED) is 0.311. The lowest BCUT2D eigenvalue weighted by molar-refractivity contribution is 0.471. The number of benzene rings is 3. The number of fused-ring (bicyclic) bond motifs is 1. The topological polar surface area (TPSA) is 58.6 Å². The van der Waals surface area contributed by atoms with Crippen molar-refractivity contribution in [3.05, 3.63) is 75.8 Å². The second-order valence-corrected chi connectivity index (χ2v) is 8.40. The van der Waals surface area contributed by atoms with Crippen molar-refractivity contribution in [2.45, 2.75) is 33.1 Å². The summed E-state index contributed by atoms with van der Waals surface area (Å²) in [5, 5.41) is 10.2. The van der Waals surface area contributed by atoms with E-state index >= 15 is 0 Å². The fourth-order valence-corrected chi connectivity index (χ4v) is 3.89. The van der Waals surface area contributed by atoms with Gasteiger partial charge in [-0.25, -0.2) is 4.98 Å². The summed E-state index contributed by atoms with van der Waals surface area (Å²) in [6.45, 7) is 6.38.